The number of nitrogens with one attached hydrogen (secondary N) is 1. The molecular formula is C7H16N2O. The fraction of sp³-hybridized carbons (Fsp3) is 1.00. The van der Waals surface area contributed by atoms with Gasteiger partial charge in [0.15, 0.2) is 0 Å². The molecule has 0 aliphatic carbocycles. The number of ether oxygens (including phenoxy) is 1. The Bertz CT molecular complexity index is 97.6. The largest absolute Gasteiger partial charge is 0.362 e. The monoisotopic (exact) mass is 144 g/mol. The van der Waals surface area contributed by atoms with Crippen LogP contribution < -0.4 is 5.32 Å². The summed E-state index contributed by atoms with van der Waals surface area (Å²) < 4.78 is 5.47. The third-order valence-electron chi connectivity index (χ3n) is 1.80. The Labute approximate surface area is 62.3 Å². The first-order valence-electron chi connectivity index (χ1n) is 3.80. The van der Waals surface area contributed by atoms with E-state index in [-0.39, 0.29) is 6.23 Å². The molecule has 0 amide bonds. The third-order valence-corrected chi connectivity index (χ3v) is 1.80. The van der Waals surface area contributed by atoms with Crippen molar-refractivity contribution in [3.05, 3.63) is 0 Å². The molecule has 3 heteroatoms. The molecule has 10 heavy (non-hydrogen) atoms. The second-order valence-electron chi connectivity index (χ2n) is 2.76. The molecule has 1 N–H and O–H groups in total. The quantitative estimate of drug-likeness (QED) is 0.555. The number of hydrogen-bond acceptors (Lipinski definition) is 3. The molecule has 1 heterocycles. The van der Waals surface area contributed by atoms with Crippen molar-refractivity contribution < 1.29 is 4.74 Å². The molecule has 1 fully saturated rings. The van der Waals surface area contributed by atoms with Gasteiger partial charge in [-0.2, -0.15) is 0 Å². The summed E-state index contributed by atoms with van der Waals surface area (Å²) >= 11 is 0. The second-order valence-corrected chi connectivity index (χ2v) is 2.76. The zero-order chi connectivity index (χ0) is 7.40. The van der Waals surface area contributed by atoms with E-state index in [0.717, 1.165) is 26.1 Å². The summed E-state index contributed by atoms with van der Waals surface area (Å²) in [6.45, 7) is 3.03. The fourth-order valence-electron chi connectivity index (χ4n) is 1.16. The normalized spacial score (nSPS) is 30.0. The molecule has 1 saturated heterocycles. The minimum atomic E-state index is 0.229. The number of likely N-dealkylation sites (N-methyl/N-ethyl adjacent to an activating group) is 2. The van der Waals surface area contributed by atoms with Crippen LogP contribution >= 0.6 is 0 Å². The molecule has 0 saturated carbocycles. The number of nitrogens with zero attached hydrogens (tertiary/aromatic N) is 1. The maximum atomic E-state index is 5.47. The maximum Gasteiger partial charge on any atom is 0.120 e. The van der Waals surface area contributed by atoms with Crippen LogP contribution in [0.4, 0.5) is 0 Å². The van der Waals surface area contributed by atoms with Crippen LogP contribution in [0.2, 0.25) is 0 Å². The van der Waals surface area contributed by atoms with Crippen LogP contribution in [0.3, 0.4) is 0 Å². The van der Waals surface area contributed by atoms with Crippen molar-refractivity contribution in [2.45, 2.75) is 12.6 Å². The minimum absolute atomic E-state index is 0.229. The standard InChI is InChI=1S/C7H16N2O/c1-8-7-6-9(2)4-3-5-10-7/h7-8H,3-6H2,1-2H3. The zero-order valence-electron chi connectivity index (χ0n) is 6.76. The molecular weight excluding hydrogens is 128 g/mol. The van der Waals surface area contributed by atoms with Crippen LogP contribution in [0, 0.1) is 0 Å². The van der Waals surface area contributed by atoms with Crippen LogP contribution in [0.15, 0.2) is 0 Å². The van der Waals surface area contributed by atoms with E-state index in [0.29, 0.717) is 0 Å². The summed E-state index contributed by atoms with van der Waals surface area (Å²) in [5.41, 5.74) is 0. The van der Waals surface area contributed by atoms with Gasteiger partial charge in [-0.25, -0.2) is 0 Å². The summed E-state index contributed by atoms with van der Waals surface area (Å²) in [5, 5.41) is 3.11. The molecule has 1 rings (SSSR count). The Morgan fingerprint density at radius 3 is 3.10 bits per heavy atom. The highest BCUT2D eigenvalue weighted by Crippen LogP contribution is 1.99. The lowest BCUT2D eigenvalue weighted by atomic mass is 10.4. The van der Waals surface area contributed by atoms with E-state index in [2.05, 4.69) is 17.3 Å². The van der Waals surface area contributed by atoms with Gasteiger partial charge in [0.2, 0.25) is 0 Å². The molecule has 1 aliphatic rings. The van der Waals surface area contributed by atoms with E-state index in [1.165, 1.54) is 0 Å². The Balaban J connectivity index is 2.30. The van der Waals surface area contributed by atoms with Gasteiger partial charge in [-0.05, 0) is 20.5 Å². The SMILES string of the molecule is CNC1CN(C)CCCO1. The van der Waals surface area contributed by atoms with Gasteiger partial charge >= 0.3 is 0 Å². The van der Waals surface area contributed by atoms with E-state index < -0.39 is 0 Å². The van der Waals surface area contributed by atoms with Crippen molar-refractivity contribution in [1.82, 2.24) is 10.2 Å². The molecule has 3 nitrogen and oxygen atoms in total. The van der Waals surface area contributed by atoms with Gasteiger partial charge in [0.25, 0.3) is 0 Å². The van der Waals surface area contributed by atoms with Crippen LogP contribution in [0.25, 0.3) is 0 Å². The second kappa shape index (κ2) is 3.91. The molecule has 0 aromatic rings. The molecule has 0 radical (unpaired) electrons. The molecule has 60 valence electrons. The predicted molar refractivity (Wildman–Crippen MR) is 40.9 cm³/mol. The third kappa shape index (κ3) is 2.25. The minimum Gasteiger partial charge on any atom is -0.362 e. The molecule has 1 aliphatic heterocycles. The van der Waals surface area contributed by atoms with Gasteiger partial charge < -0.3 is 9.64 Å². The predicted octanol–water partition coefficient (Wildman–Crippen LogP) is -0.116. The Morgan fingerprint density at radius 2 is 2.40 bits per heavy atom. The molecule has 0 spiro atoms. The Morgan fingerprint density at radius 1 is 1.60 bits per heavy atom. The summed E-state index contributed by atoms with van der Waals surface area (Å²) in [5.74, 6) is 0. The fourth-order valence-corrected chi connectivity index (χ4v) is 1.16. The van der Waals surface area contributed by atoms with Crippen molar-refractivity contribution in [3.63, 3.8) is 0 Å². The molecule has 1 unspecified atom stereocenters. The summed E-state index contributed by atoms with van der Waals surface area (Å²) in [7, 11) is 4.06. The van der Waals surface area contributed by atoms with E-state index in [1.54, 1.807) is 0 Å². The molecule has 0 bridgehead atoms. The van der Waals surface area contributed by atoms with Crippen LogP contribution in [0.5, 0.6) is 0 Å². The highest BCUT2D eigenvalue weighted by Gasteiger charge is 2.12. The first kappa shape index (κ1) is 7.98. The van der Waals surface area contributed by atoms with E-state index in [1.807, 2.05) is 7.05 Å². The average Bonchev–Trinajstić information content (AvgIpc) is 2.13. The van der Waals surface area contributed by atoms with Gasteiger partial charge in [-0.3, -0.25) is 5.32 Å². The topological polar surface area (TPSA) is 24.5 Å². The lowest BCUT2D eigenvalue weighted by molar-refractivity contribution is 0.0388. The van der Waals surface area contributed by atoms with E-state index in [4.69, 9.17) is 4.74 Å². The van der Waals surface area contributed by atoms with Crippen molar-refractivity contribution >= 4 is 0 Å². The zero-order valence-corrected chi connectivity index (χ0v) is 6.76. The molecule has 0 aromatic heterocycles. The molecule has 1 atom stereocenters. The highest BCUT2D eigenvalue weighted by molar-refractivity contribution is 4.63. The van der Waals surface area contributed by atoms with Crippen molar-refractivity contribution in [3.8, 4) is 0 Å². The first-order valence-corrected chi connectivity index (χ1v) is 3.80. The summed E-state index contributed by atoms with van der Waals surface area (Å²) in [4.78, 5) is 2.29. The molecule has 0 aromatic carbocycles. The van der Waals surface area contributed by atoms with Crippen LogP contribution in [-0.4, -0.2) is 44.9 Å². The van der Waals surface area contributed by atoms with E-state index in [9.17, 15) is 0 Å². The van der Waals surface area contributed by atoms with Crippen molar-refractivity contribution in [2.75, 3.05) is 33.8 Å². The summed E-state index contributed by atoms with van der Waals surface area (Å²) in [6.07, 6.45) is 1.38. The van der Waals surface area contributed by atoms with Gasteiger partial charge in [0, 0.05) is 19.7 Å². The average molecular weight is 144 g/mol. The summed E-state index contributed by atoms with van der Waals surface area (Å²) in [6, 6.07) is 0. The van der Waals surface area contributed by atoms with Gasteiger partial charge in [0.1, 0.15) is 6.23 Å². The van der Waals surface area contributed by atoms with Crippen molar-refractivity contribution in [2.24, 2.45) is 0 Å². The lowest BCUT2D eigenvalue weighted by Crippen LogP contribution is -2.37. The first-order chi connectivity index (χ1) is 4.83. The maximum absolute atomic E-state index is 5.47. The van der Waals surface area contributed by atoms with Crippen LogP contribution in [-0.2, 0) is 4.74 Å². The smallest absolute Gasteiger partial charge is 0.120 e. The van der Waals surface area contributed by atoms with E-state index >= 15 is 0 Å². The van der Waals surface area contributed by atoms with Gasteiger partial charge in [-0.15, -0.1) is 0 Å². The Kier molecular flexibility index (Phi) is 3.12. The van der Waals surface area contributed by atoms with Gasteiger partial charge in [-0.1, -0.05) is 0 Å². The lowest BCUT2D eigenvalue weighted by Gasteiger charge is -2.18. The van der Waals surface area contributed by atoms with Crippen LogP contribution in [0.1, 0.15) is 6.42 Å². The van der Waals surface area contributed by atoms with Crippen molar-refractivity contribution in [1.29, 1.82) is 0 Å². The Hall–Kier alpha value is -0.120. The highest BCUT2D eigenvalue weighted by atomic mass is 16.5. The number of hydrogen-bond donors (Lipinski definition) is 1. The number of rotatable bonds is 1. The van der Waals surface area contributed by atoms with Gasteiger partial charge in [0.05, 0.1) is 0 Å².